The molecule has 1 aromatic heterocycles. The molecule has 0 fully saturated rings. The van der Waals surface area contributed by atoms with Crippen molar-refractivity contribution >= 4 is 17.2 Å². The molecule has 0 spiro atoms. The summed E-state index contributed by atoms with van der Waals surface area (Å²) >= 11 is 4.79. The number of benzene rings is 1. The second kappa shape index (κ2) is 4.84. The van der Waals surface area contributed by atoms with E-state index in [9.17, 15) is 4.39 Å². The summed E-state index contributed by atoms with van der Waals surface area (Å²) in [5.41, 5.74) is 5.86. The van der Waals surface area contributed by atoms with Crippen LogP contribution in [0.1, 0.15) is 5.69 Å². The van der Waals surface area contributed by atoms with Crippen molar-refractivity contribution in [3.63, 3.8) is 0 Å². The molecule has 1 heterocycles. The number of aromatic nitrogens is 2. The van der Waals surface area contributed by atoms with E-state index in [2.05, 4.69) is 9.97 Å². The first-order valence-corrected chi connectivity index (χ1v) is 5.12. The molecule has 0 saturated heterocycles. The highest BCUT2D eigenvalue weighted by atomic mass is 32.1. The highest BCUT2D eigenvalue weighted by Crippen LogP contribution is 2.17. The molecule has 17 heavy (non-hydrogen) atoms. The molecular formula is C11H8FN3OS. The molecule has 0 bridgehead atoms. The average molecular weight is 249 g/mol. The predicted molar refractivity (Wildman–Crippen MR) is 64.4 cm³/mol. The molecule has 0 aliphatic heterocycles. The van der Waals surface area contributed by atoms with Crippen LogP contribution in [0.5, 0.6) is 11.8 Å². The van der Waals surface area contributed by atoms with Crippen molar-refractivity contribution in [2.24, 2.45) is 5.73 Å². The Morgan fingerprint density at radius 3 is 2.59 bits per heavy atom. The number of ether oxygens (including phenoxy) is 1. The molecule has 2 rings (SSSR count). The molecular weight excluding hydrogens is 241 g/mol. The largest absolute Gasteiger partial charge is 0.424 e. The van der Waals surface area contributed by atoms with Crippen molar-refractivity contribution in [3.05, 3.63) is 48.0 Å². The average Bonchev–Trinajstić information content (AvgIpc) is 2.32. The van der Waals surface area contributed by atoms with E-state index < -0.39 is 0 Å². The molecule has 0 unspecified atom stereocenters. The van der Waals surface area contributed by atoms with E-state index in [0.29, 0.717) is 11.4 Å². The molecule has 4 nitrogen and oxygen atoms in total. The summed E-state index contributed by atoms with van der Waals surface area (Å²) in [7, 11) is 0. The zero-order chi connectivity index (χ0) is 12.3. The van der Waals surface area contributed by atoms with Gasteiger partial charge in [0.1, 0.15) is 22.2 Å². The van der Waals surface area contributed by atoms with Gasteiger partial charge in [0.2, 0.25) is 0 Å². The topological polar surface area (TPSA) is 61.0 Å². The van der Waals surface area contributed by atoms with Crippen molar-refractivity contribution in [1.29, 1.82) is 0 Å². The summed E-state index contributed by atoms with van der Waals surface area (Å²) < 4.78 is 18.0. The quantitative estimate of drug-likeness (QED) is 0.843. The lowest BCUT2D eigenvalue weighted by molar-refractivity contribution is 0.440. The zero-order valence-electron chi connectivity index (χ0n) is 8.63. The van der Waals surface area contributed by atoms with Gasteiger partial charge in [-0.05, 0) is 30.3 Å². The van der Waals surface area contributed by atoms with Crippen LogP contribution in [0.2, 0.25) is 0 Å². The van der Waals surface area contributed by atoms with Crippen LogP contribution >= 0.6 is 12.2 Å². The Labute approximate surface area is 102 Å². The Hall–Kier alpha value is -2.08. The van der Waals surface area contributed by atoms with Crippen molar-refractivity contribution in [3.8, 4) is 11.8 Å². The fourth-order valence-corrected chi connectivity index (χ4v) is 1.25. The number of nitrogens with zero attached hydrogens (tertiary/aromatic N) is 2. The third-order valence-electron chi connectivity index (χ3n) is 1.91. The summed E-state index contributed by atoms with van der Waals surface area (Å²) in [5, 5.41) is 0. The first-order valence-electron chi connectivity index (χ1n) is 4.71. The molecule has 2 N–H and O–H groups in total. The van der Waals surface area contributed by atoms with Crippen LogP contribution in [0.25, 0.3) is 0 Å². The van der Waals surface area contributed by atoms with Crippen LogP contribution in [0.4, 0.5) is 4.39 Å². The Morgan fingerprint density at radius 2 is 1.94 bits per heavy atom. The van der Waals surface area contributed by atoms with Gasteiger partial charge < -0.3 is 10.5 Å². The van der Waals surface area contributed by atoms with Crippen molar-refractivity contribution in [2.75, 3.05) is 0 Å². The van der Waals surface area contributed by atoms with E-state index in [1.165, 1.54) is 30.5 Å². The van der Waals surface area contributed by atoms with Gasteiger partial charge in [0, 0.05) is 6.20 Å². The van der Waals surface area contributed by atoms with Crippen molar-refractivity contribution in [2.45, 2.75) is 0 Å². The van der Waals surface area contributed by atoms with E-state index in [1.54, 1.807) is 6.07 Å². The monoisotopic (exact) mass is 249 g/mol. The molecule has 6 heteroatoms. The molecule has 1 aromatic carbocycles. The number of thiocarbonyl (C=S) groups is 1. The minimum Gasteiger partial charge on any atom is -0.424 e. The van der Waals surface area contributed by atoms with Gasteiger partial charge in [0.25, 0.3) is 0 Å². The summed E-state index contributed by atoms with van der Waals surface area (Å²) in [6.07, 6.45) is 1.49. The third kappa shape index (κ3) is 2.94. The fraction of sp³-hybridized carbons (Fsp3) is 0. The van der Waals surface area contributed by atoms with E-state index >= 15 is 0 Å². The summed E-state index contributed by atoms with van der Waals surface area (Å²) in [6.45, 7) is 0. The van der Waals surface area contributed by atoms with Gasteiger partial charge >= 0.3 is 6.01 Å². The highest BCUT2D eigenvalue weighted by Gasteiger charge is 2.04. The molecule has 86 valence electrons. The van der Waals surface area contributed by atoms with Gasteiger partial charge in [-0.25, -0.2) is 9.37 Å². The minimum absolute atomic E-state index is 0.113. The minimum atomic E-state index is -0.338. The second-order valence-electron chi connectivity index (χ2n) is 3.14. The maximum absolute atomic E-state index is 12.7. The lowest BCUT2D eigenvalue weighted by atomic mass is 10.3. The van der Waals surface area contributed by atoms with Crippen LogP contribution in [-0.4, -0.2) is 15.0 Å². The number of hydrogen-bond donors (Lipinski definition) is 1. The van der Waals surface area contributed by atoms with Crippen LogP contribution < -0.4 is 10.5 Å². The maximum Gasteiger partial charge on any atom is 0.322 e. The first-order chi connectivity index (χ1) is 8.15. The van der Waals surface area contributed by atoms with Crippen LogP contribution in [0.15, 0.2) is 36.5 Å². The van der Waals surface area contributed by atoms with Crippen LogP contribution in [-0.2, 0) is 0 Å². The van der Waals surface area contributed by atoms with E-state index in [4.69, 9.17) is 22.7 Å². The van der Waals surface area contributed by atoms with Gasteiger partial charge in [-0.2, -0.15) is 4.98 Å². The Kier molecular flexibility index (Phi) is 3.24. The van der Waals surface area contributed by atoms with Gasteiger partial charge in [0.05, 0.1) is 0 Å². The smallest absolute Gasteiger partial charge is 0.322 e. The number of nitrogens with two attached hydrogens (primary N) is 1. The van der Waals surface area contributed by atoms with Gasteiger partial charge in [0.15, 0.2) is 0 Å². The molecule has 0 saturated carbocycles. The Balaban J connectivity index is 2.21. The number of halogens is 1. The summed E-state index contributed by atoms with van der Waals surface area (Å²) in [4.78, 5) is 8.06. The number of rotatable bonds is 3. The van der Waals surface area contributed by atoms with E-state index in [0.717, 1.165) is 0 Å². The predicted octanol–water partition coefficient (Wildman–Crippen LogP) is 2.04. The third-order valence-corrected chi connectivity index (χ3v) is 2.12. The van der Waals surface area contributed by atoms with Gasteiger partial charge in [-0.3, -0.25) is 0 Å². The zero-order valence-corrected chi connectivity index (χ0v) is 9.45. The molecule has 0 atom stereocenters. The maximum atomic E-state index is 12.7. The summed E-state index contributed by atoms with van der Waals surface area (Å²) in [5.74, 6) is 0.0987. The van der Waals surface area contributed by atoms with Crippen LogP contribution in [0, 0.1) is 5.82 Å². The number of hydrogen-bond acceptors (Lipinski definition) is 4. The molecule has 0 aliphatic rings. The molecule has 2 aromatic rings. The Morgan fingerprint density at radius 1 is 1.24 bits per heavy atom. The van der Waals surface area contributed by atoms with E-state index in [1.807, 2.05) is 0 Å². The van der Waals surface area contributed by atoms with Gasteiger partial charge in [-0.1, -0.05) is 12.2 Å². The van der Waals surface area contributed by atoms with Crippen molar-refractivity contribution < 1.29 is 9.13 Å². The SMILES string of the molecule is NC(=S)c1ccnc(Oc2ccc(F)cc2)n1. The molecule has 0 radical (unpaired) electrons. The lowest BCUT2D eigenvalue weighted by Gasteiger charge is -2.04. The molecule has 0 aliphatic carbocycles. The fourth-order valence-electron chi connectivity index (χ4n) is 1.14. The first kappa shape index (κ1) is 11.4. The van der Waals surface area contributed by atoms with E-state index in [-0.39, 0.29) is 16.8 Å². The van der Waals surface area contributed by atoms with Gasteiger partial charge in [-0.15, -0.1) is 0 Å². The van der Waals surface area contributed by atoms with Crippen LogP contribution in [0.3, 0.4) is 0 Å². The Bertz CT molecular complexity index is 545. The highest BCUT2D eigenvalue weighted by molar-refractivity contribution is 7.80. The summed E-state index contributed by atoms with van der Waals surface area (Å²) in [6, 6.07) is 7.22. The standard InChI is InChI=1S/C11H8FN3OS/c12-7-1-3-8(4-2-7)16-11-14-6-5-9(15-11)10(13)17/h1-6H,(H2,13,17). The normalized spacial score (nSPS) is 9.94. The lowest BCUT2D eigenvalue weighted by Crippen LogP contribution is -2.12. The second-order valence-corrected chi connectivity index (χ2v) is 3.58. The molecule has 0 amide bonds. The van der Waals surface area contributed by atoms with Crippen molar-refractivity contribution in [1.82, 2.24) is 9.97 Å².